The maximum atomic E-state index is 10.6. The highest BCUT2D eigenvalue weighted by Crippen LogP contribution is 2.09. The molecule has 1 atom stereocenters. The summed E-state index contributed by atoms with van der Waals surface area (Å²) in [6.07, 6.45) is 4.07. The molecule has 1 heterocycles. The van der Waals surface area contributed by atoms with Crippen molar-refractivity contribution in [2.24, 2.45) is 0 Å². The number of carboxylic acid groups (broad SMARTS) is 1. The molecule has 1 N–H and O–H groups in total. The van der Waals surface area contributed by atoms with Gasteiger partial charge in [-0.3, -0.25) is 0 Å². The van der Waals surface area contributed by atoms with E-state index in [1.807, 2.05) is 6.92 Å². The maximum absolute atomic E-state index is 10.6. The number of nitrogens with zero attached hydrogens (tertiary/aromatic N) is 2. The summed E-state index contributed by atoms with van der Waals surface area (Å²) in [6, 6.07) is -0.526. The Morgan fingerprint density at radius 2 is 2.50 bits per heavy atom. The number of carboxylic acids is 1. The number of rotatable bonds is 3. The van der Waals surface area contributed by atoms with Crippen LogP contribution in [-0.2, 0) is 11.2 Å². The lowest BCUT2D eigenvalue weighted by Crippen LogP contribution is -2.16. The summed E-state index contributed by atoms with van der Waals surface area (Å²) in [5.74, 6) is -0.0207. The van der Waals surface area contributed by atoms with Gasteiger partial charge in [0.15, 0.2) is 0 Å². The van der Waals surface area contributed by atoms with Gasteiger partial charge in [-0.15, -0.1) is 0 Å². The van der Waals surface area contributed by atoms with Crippen molar-refractivity contribution in [3.63, 3.8) is 0 Å². The molecule has 0 spiro atoms. The highest BCUT2D eigenvalue weighted by molar-refractivity contribution is 5.71. The molecule has 66 valence electrons. The molecule has 0 saturated heterocycles. The van der Waals surface area contributed by atoms with Gasteiger partial charge in [0.2, 0.25) is 0 Å². The summed E-state index contributed by atoms with van der Waals surface area (Å²) in [4.78, 5) is 14.7. The van der Waals surface area contributed by atoms with Gasteiger partial charge in [0, 0.05) is 18.8 Å². The van der Waals surface area contributed by atoms with Crippen LogP contribution >= 0.6 is 0 Å². The highest BCUT2D eigenvalue weighted by Gasteiger charge is 2.14. The van der Waals surface area contributed by atoms with E-state index in [0.717, 1.165) is 12.2 Å². The summed E-state index contributed by atoms with van der Waals surface area (Å²) in [5.41, 5.74) is 0. The van der Waals surface area contributed by atoms with Crippen molar-refractivity contribution in [1.82, 2.24) is 9.55 Å². The zero-order valence-corrected chi connectivity index (χ0v) is 7.19. The van der Waals surface area contributed by atoms with Crippen LogP contribution in [0.2, 0.25) is 0 Å². The molecule has 4 nitrogen and oxygen atoms in total. The van der Waals surface area contributed by atoms with E-state index in [1.54, 1.807) is 23.9 Å². The zero-order chi connectivity index (χ0) is 9.14. The lowest BCUT2D eigenvalue weighted by atomic mass is 10.3. The van der Waals surface area contributed by atoms with E-state index in [4.69, 9.17) is 5.11 Å². The van der Waals surface area contributed by atoms with Crippen molar-refractivity contribution in [3.8, 4) is 0 Å². The lowest BCUT2D eigenvalue weighted by Gasteiger charge is -2.10. The smallest absolute Gasteiger partial charge is 0.326 e. The highest BCUT2D eigenvalue weighted by atomic mass is 16.4. The standard InChI is InChI=1S/C8H12N2O2/c1-3-7-9-4-5-10(7)6(2)8(11)12/h4-6H,3H2,1-2H3,(H,11,12)/t6-/m1/s1. The van der Waals surface area contributed by atoms with Gasteiger partial charge in [-0.1, -0.05) is 6.92 Å². The Balaban J connectivity index is 2.93. The van der Waals surface area contributed by atoms with Crippen LogP contribution in [0, 0.1) is 0 Å². The van der Waals surface area contributed by atoms with Crippen LogP contribution in [0.5, 0.6) is 0 Å². The first-order valence-electron chi connectivity index (χ1n) is 3.91. The summed E-state index contributed by atoms with van der Waals surface area (Å²) >= 11 is 0. The van der Waals surface area contributed by atoms with Gasteiger partial charge in [-0.25, -0.2) is 9.78 Å². The molecule has 4 heteroatoms. The minimum atomic E-state index is -0.831. The molecule has 0 fully saturated rings. The Kier molecular flexibility index (Phi) is 2.47. The van der Waals surface area contributed by atoms with Gasteiger partial charge >= 0.3 is 5.97 Å². The first kappa shape index (κ1) is 8.77. The third-order valence-electron chi connectivity index (χ3n) is 1.84. The minimum absolute atomic E-state index is 0.526. The second-order valence-electron chi connectivity index (χ2n) is 2.62. The molecular formula is C8H12N2O2. The van der Waals surface area contributed by atoms with E-state index in [-0.39, 0.29) is 0 Å². The normalized spacial score (nSPS) is 12.8. The quantitative estimate of drug-likeness (QED) is 0.735. The Labute approximate surface area is 70.9 Å². The number of aromatic nitrogens is 2. The van der Waals surface area contributed by atoms with Crippen molar-refractivity contribution in [2.75, 3.05) is 0 Å². The van der Waals surface area contributed by atoms with E-state index in [2.05, 4.69) is 4.98 Å². The SMILES string of the molecule is CCc1nccn1[C@H](C)C(=O)O. The van der Waals surface area contributed by atoms with E-state index in [1.165, 1.54) is 0 Å². The summed E-state index contributed by atoms with van der Waals surface area (Å²) in [7, 11) is 0. The van der Waals surface area contributed by atoms with Crippen LogP contribution in [-0.4, -0.2) is 20.6 Å². The van der Waals surface area contributed by atoms with Crippen LogP contribution < -0.4 is 0 Å². The predicted octanol–water partition coefficient (Wildman–Crippen LogP) is 1.09. The summed E-state index contributed by atoms with van der Waals surface area (Å²) in [6.45, 7) is 3.59. The molecule has 0 aromatic carbocycles. The largest absolute Gasteiger partial charge is 0.480 e. The summed E-state index contributed by atoms with van der Waals surface area (Å²) in [5, 5.41) is 8.73. The van der Waals surface area contributed by atoms with Crippen molar-refractivity contribution in [1.29, 1.82) is 0 Å². The van der Waals surface area contributed by atoms with Gasteiger partial charge in [-0.2, -0.15) is 0 Å². The minimum Gasteiger partial charge on any atom is -0.480 e. The molecule has 0 aliphatic carbocycles. The average Bonchev–Trinajstić information content (AvgIpc) is 2.49. The molecule has 0 aliphatic heterocycles. The number of hydrogen-bond acceptors (Lipinski definition) is 2. The van der Waals surface area contributed by atoms with E-state index >= 15 is 0 Å². The fourth-order valence-electron chi connectivity index (χ4n) is 1.09. The lowest BCUT2D eigenvalue weighted by molar-refractivity contribution is -0.140. The second kappa shape index (κ2) is 3.38. The van der Waals surface area contributed by atoms with Gasteiger partial charge in [0.05, 0.1) is 0 Å². The first-order chi connectivity index (χ1) is 5.66. The molecule has 0 aliphatic rings. The van der Waals surface area contributed by atoms with Crippen LogP contribution in [0.25, 0.3) is 0 Å². The number of carbonyl (C=O) groups is 1. The van der Waals surface area contributed by atoms with Crippen LogP contribution in [0.15, 0.2) is 12.4 Å². The van der Waals surface area contributed by atoms with E-state index in [9.17, 15) is 4.79 Å². The Morgan fingerprint density at radius 1 is 1.83 bits per heavy atom. The molecule has 0 bridgehead atoms. The van der Waals surface area contributed by atoms with Crippen LogP contribution in [0.4, 0.5) is 0 Å². The summed E-state index contributed by atoms with van der Waals surface area (Å²) < 4.78 is 1.67. The van der Waals surface area contributed by atoms with Gasteiger partial charge in [0.25, 0.3) is 0 Å². The molecule has 12 heavy (non-hydrogen) atoms. The Morgan fingerprint density at radius 3 is 3.00 bits per heavy atom. The number of aryl methyl sites for hydroxylation is 1. The molecule has 0 saturated carbocycles. The fraction of sp³-hybridized carbons (Fsp3) is 0.500. The molecule has 1 aromatic heterocycles. The van der Waals surface area contributed by atoms with Crippen LogP contribution in [0.3, 0.4) is 0 Å². The van der Waals surface area contributed by atoms with E-state index < -0.39 is 12.0 Å². The van der Waals surface area contributed by atoms with Gasteiger partial charge < -0.3 is 9.67 Å². The van der Waals surface area contributed by atoms with Crippen molar-refractivity contribution in [2.45, 2.75) is 26.3 Å². The number of aliphatic carboxylic acids is 1. The van der Waals surface area contributed by atoms with Crippen molar-refractivity contribution >= 4 is 5.97 Å². The van der Waals surface area contributed by atoms with Crippen molar-refractivity contribution in [3.05, 3.63) is 18.2 Å². The second-order valence-corrected chi connectivity index (χ2v) is 2.62. The third-order valence-corrected chi connectivity index (χ3v) is 1.84. The predicted molar refractivity (Wildman–Crippen MR) is 44.0 cm³/mol. The van der Waals surface area contributed by atoms with Gasteiger partial charge in [0.1, 0.15) is 11.9 Å². The van der Waals surface area contributed by atoms with Gasteiger partial charge in [-0.05, 0) is 6.92 Å². The first-order valence-corrected chi connectivity index (χ1v) is 3.91. The molecule has 0 unspecified atom stereocenters. The van der Waals surface area contributed by atoms with E-state index in [0.29, 0.717) is 0 Å². The van der Waals surface area contributed by atoms with Crippen molar-refractivity contribution < 1.29 is 9.90 Å². The van der Waals surface area contributed by atoms with Crippen LogP contribution in [0.1, 0.15) is 25.7 Å². The molecule has 0 amide bonds. The molecular weight excluding hydrogens is 156 g/mol. The number of hydrogen-bond donors (Lipinski definition) is 1. The molecule has 1 aromatic rings. The Bertz CT molecular complexity index is 280. The third kappa shape index (κ3) is 1.47. The Hall–Kier alpha value is -1.32. The fourth-order valence-corrected chi connectivity index (χ4v) is 1.09. The monoisotopic (exact) mass is 168 g/mol. The maximum Gasteiger partial charge on any atom is 0.326 e. The number of imidazole rings is 1. The zero-order valence-electron chi connectivity index (χ0n) is 7.19. The molecule has 1 rings (SSSR count). The topological polar surface area (TPSA) is 55.1 Å². The molecule has 0 radical (unpaired) electrons. The average molecular weight is 168 g/mol.